The van der Waals surface area contributed by atoms with Crippen LogP contribution in [0.2, 0.25) is 0 Å². The van der Waals surface area contributed by atoms with Crippen LogP contribution in [0.15, 0.2) is 17.7 Å². The van der Waals surface area contributed by atoms with Crippen molar-refractivity contribution in [2.24, 2.45) is 5.92 Å². The van der Waals surface area contributed by atoms with Crippen LogP contribution in [0.3, 0.4) is 0 Å². The smallest absolute Gasteiger partial charge is 0.237 e. The third-order valence-electron chi connectivity index (χ3n) is 4.88. The largest absolute Gasteiger partial charge is 0.491 e. The zero-order valence-electron chi connectivity index (χ0n) is 15.2. The third kappa shape index (κ3) is 3.67. The van der Waals surface area contributed by atoms with E-state index in [-0.39, 0.29) is 5.92 Å². The van der Waals surface area contributed by atoms with E-state index in [9.17, 15) is 9.59 Å². The highest BCUT2D eigenvalue weighted by Gasteiger charge is 2.32. The van der Waals surface area contributed by atoms with Gasteiger partial charge < -0.3 is 10.1 Å². The molecule has 0 unspecified atom stereocenters. The predicted molar refractivity (Wildman–Crippen MR) is 98.1 cm³/mol. The molecule has 1 aromatic rings. The molecule has 0 saturated carbocycles. The molecule has 0 amide bonds. The number of ketones is 2. The van der Waals surface area contributed by atoms with Gasteiger partial charge >= 0.3 is 0 Å². The molecular formula is C20H26N2O3. The van der Waals surface area contributed by atoms with Gasteiger partial charge in [-0.2, -0.15) is 0 Å². The lowest BCUT2D eigenvalue weighted by atomic mass is 9.84. The quantitative estimate of drug-likeness (QED) is 0.831. The van der Waals surface area contributed by atoms with Gasteiger partial charge in [0, 0.05) is 38.3 Å². The number of carbonyl (C=O) groups excluding carboxylic acids is 2. The Morgan fingerprint density at radius 3 is 2.56 bits per heavy atom. The van der Waals surface area contributed by atoms with Crippen LogP contribution < -0.4 is 10.1 Å². The molecule has 1 aromatic carbocycles. The molecule has 1 saturated heterocycles. The van der Waals surface area contributed by atoms with Crippen molar-refractivity contribution in [2.75, 3.05) is 39.3 Å². The van der Waals surface area contributed by atoms with Crippen molar-refractivity contribution in [2.45, 2.75) is 20.8 Å². The number of piperazine rings is 1. The molecule has 134 valence electrons. The van der Waals surface area contributed by atoms with Gasteiger partial charge in [-0.25, -0.2) is 0 Å². The number of ether oxygens (including phenoxy) is 1. The van der Waals surface area contributed by atoms with E-state index in [0.29, 0.717) is 23.5 Å². The number of fused-ring (bicyclic) bond motifs is 1. The highest BCUT2D eigenvalue weighted by molar-refractivity contribution is 6.52. The third-order valence-corrected chi connectivity index (χ3v) is 4.88. The van der Waals surface area contributed by atoms with E-state index < -0.39 is 11.6 Å². The van der Waals surface area contributed by atoms with Gasteiger partial charge in [0.25, 0.3) is 0 Å². The molecule has 0 radical (unpaired) electrons. The zero-order valence-corrected chi connectivity index (χ0v) is 15.2. The molecule has 0 spiro atoms. The van der Waals surface area contributed by atoms with Crippen molar-refractivity contribution in [3.05, 3.63) is 34.4 Å². The van der Waals surface area contributed by atoms with Gasteiger partial charge in [-0.05, 0) is 30.0 Å². The number of nitrogens with one attached hydrogen (secondary N) is 1. The van der Waals surface area contributed by atoms with Crippen LogP contribution in [-0.2, 0) is 4.79 Å². The average molecular weight is 342 g/mol. The number of benzene rings is 1. The number of nitrogens with zero attached hydrogens (tertiary/aromatic N) is 1. The lowest BCUT2D eigenvalue weighted by Crippen LogP contribution is -2.44. The monoisotopic (exact) mass is 342 g/mol. The lowest BCUT2D eigenvalue weighted by molar-refractivity contribution is -0.112. The van der Waals surface area contributed by atoms with E-state index in [4.69, 9.17) is 4.74 Å². The summed E-state index contributed by atoms with van der Waals surface area (Å²) in [6, 6.07) is 3.86. The fourth-order valence-electron chi connectivity index (χ4n) is 3.36. The van der Waals surface area contributed by atoms with Crippen molar-refractivity contribution in [1.82, 2.24) is 10.2 Å². The lowest BCUT2D eigenvalue weighted by Gasteiger charge is -2.27. The number of hydrogen-bond donors (Lipinski definition) is 1. The first kappa shape index (κ1) is 17.8. The normalized spacial score (nSPS) is 18.3. The maximum atomic E-state index is 12.7. The van der Waals surface area contributed by atoms with Crippen LogP contribution in [0.4, 0.5) is 0 Å². The molecule has 1 aliphatic carbocycles. The van der Waals surface area contributed by atoms with Crippen LogP contribution in [0, 0.1) is 12.8 Å². The first-order valence-electron chi connectivity index (χ1n) is 8.99. The summed E-state index contributed by atoms with van der Waals surface area (Å²) in [6.45, 7) is 11.1. The maximum Gasteiger partial charge on any atom is 0.237 e. The van der Waals surface area contributed by atoms with E-state index in [2.05, 4.69) is 10.2 Å². The molecule has 1 heterocycles. The molecule has 1 N–H and O–H groups in total. The van der Waals surface area contributed by atoms with Crippen molar-refractivity contribution in [1.29, 1.82) is 0 Å². The SMILES string of the molecule is Cc1ccc2c(c1OCCN1CCNCC1)C(=O)C(=O)C(C(C)C)=C2. The van der Waals surface area contributed by atoms with Gasteiger partial charge in [0.15, 0.2) is 0 Å². The Labute approximate surface area is 149 Å². The predicted octanol–water partition coefficient (Wildman–Crippen LogP) is 2.08. The Morgan fingerprint density at radius 1 is 1.16 bits per heavy atom. The van der Waals surface area contributed by atoms with E-state index >= 15 is 0 Å². The number of hydrogen-bond acceptors (Lipinski definition) is 5. The van der Waals surface area contributed by atoms with E-state index in [1.165, 1.54) is 0 Å². The van der Waals surface area contributed by atoms with Gasteiger partial charge in [0.2, 0.25) is 11.6 Å². The molecule has 5 nitrogen and oxygen atoms in total. The molecule has 1 aliphatic heterocycles. The minimum atomic E-state index is -0.443. The summed E-state index contributed by atoms with van der Waals surface area (Å²) in [5.41, 5.74) is 2.68. The Morgan fingerprint density at radius 2 is 1.88 bits per heavy atom. The second kappa shape index (κ2) is 7.50. The average Bonchev–Trinajstić information content (AvgIpc) is 2.60. The van der Waals surface area contributed by atoms with Crippen molar-refractivity contribution in [3.63, 3.8) is 0 Å². The number of carbonyl (C=O) groups is 2. The molecule has 1 fully saturated rings. The summed E-state index contributed by atoms with van der Waals surface area (Å²) in [7, 11) is 0. The first-order valence-corrected chi connectivity index (χ1v) is 8.99. The van der Waals surface area contributed by atoms with Crippen LogP contribution in [0.5, 0.6) is 5.75 Å². The summed E-state index contributed by atoms with van der Waals surface area (Å²) < 4.78 is 5.99. The summed E-state index contributed by atoms with van der Waals surface area (Å²) in [5.74, 6) is -0.254. The van der Waals surface area contributed by atoms with Crippen LogP contribution >= 0.6 is 0 Å². The topological polar surface area (TPSA) is 58.6 Å². The second-order valence-electron chi connectivity index (χ2n) is 7.03. The Kier molecular flexibility index (Phi) is 5.35. The fourth-order valence-corrected chi connectivity index (χ4v) is 3.36. The second-order valence-corrected chi connectivity index (χ2v) is 7.03. The Hall–Kier alpha value is -1.98. The molecule has 25 heavy (non-hydrogen) atoms. The molecule has 5 heteroatoms. The maximum absolute atomic E-state index is 12.7. The van der Waals surface area contributed by atoms with Gasteiger partial charge in [-0.1, -0.05) is 26.0 Å². The fraction of sp³-hybridized carbons (Fsp3) is 0.500. The van der Waals surface area contributed by atoms with Crippen molar-refractivity contribution >= 4 is 17.6 Å². The zero-order chi connectivity index (χ0) is 18.0. The van der Waals surface area contributed by atoms with E-state index in [1.54, 1.807) is 0 Å². The van der Waals surface area contributed by atoms with Gasteiger partial charge in [-0.15, -0.1) is 0 Å². The standard InChI is InChI=1S/C20H26N2O3/c1-13(2)16-12-15-5-4-14(3)20(17(15)19(24)18(16)23)25-11-10-22-8-6-21-7-9-22/h4-5,12-13,21H,6-11H2,1-3H3. The van der Waals surface area contributed by atoms with Crippen molar-refractivity contribution in [3.8, 4) is 5.75 Å². The molecule has 0 bridgehead atoms. The molecule has 0 aromatic heterocycles. The summed E-state index contributed by atoms with van der Waals surface area (Å²) in [5, 5.41) is 3.33. The molecule has 3 rings (SSSR count). The van der Waals surface area contributed by atoms with Crippen molar-refractivity contribution < 1.29 is 14.3 Å². The van der Waals surface area contributed by atoms with Gasteiger partial charge in [0.1, 0.15) is 12.4 Å². The van der Waals surface area contributed by atoms with Gasteiger partial charge in [-0.3, -0.25) is 14.5 Å². The number of rotatable bonds is 5. The first-order chi connectivity index (χ1) is 12.0. The van der Waals surface area contributed by atoms with Gasteiger partial charge in [0.05, 0.1) is 5.56 Å². The molecular weight excluding hydrogens is 316 g/mol. The van der Waals surface area contributed by atoms with Crippen LogP contribution in [0.1, 0.15) is 35.3 Å². The number of Topliss-reactive ketones (excluding diaryl/α,β-unsaturated/α-hetero) is 2. The molecule has 2 aliphatic rings. The van der Waals surface area contributed by atoms with Crippen LogP contribution in [0.25, 0.3) is 6.08 Å². The van der Waals surface area contributed by atoms with E-state index in [0.717, 1.165) is 43.9 Å². The Bertz CT molecular complexity index is 716. The van der Waals surface area contributed by atoms with Crippen LogP contribution in [-0.4, -0.2) is 55.8 Å². The summed E-state index contributed by atoms with van der Waals surface area (Å²) >= 11 is 0. The minimum Gasteiger partial charge on any atom is -0.491 e. The highest BCUT2D eigenvalue weighted by atomic mass is 16.5. The number of aryl methyl sites for hydroxylation is 1. The summed E-state index contributed by atoms with van der Waals surface area (Å²) in [4.78, 5) is 27.4. The van der Waals surface area contributed by atoms with E-state index in [1.807, 2.05) is 39.0 Å². The molecule has 0 atom stereocenters. The summed E-state index contributed by atoms with van der Waals surface area (Å²) in [6.07, 6.45) is 1.84. The highest BCUT2D eigenvalue weighted by Crippen LogP contribution is 2.34. The Balaban J connectivity index is 1.82. The minimum absolute atomic E-state index is 0.0305. The number of allylic oxidation sites excluding steroid dienone is 1.